The minimum atomic E-state index is -0.248. The van der Waals surface area contributed by atoms with Gasteiger partial charge in [0.1, 0.15) is 12.4 Å². The molecule has 1 aliphatic heterocycles. The summed E-state index contributed by atoms with van der Waals surface area (Å²) in [7, 11) is 0. The van der Waals surface area contributed by atoms with Gasteiger partial charge in [-0.25, -0.2) is 0 Å². The van der Waals surface area contributed by atoms with Crippen LogP contribution in [0, 0.1) is 5.92 Å². The van der Waals surface area contributed by atoms with E-state index < -0.39 is 0 Å². The van der Waals surface area contributed by atoms with E-state index in [0.29, 0.717) is 42.8 Å². The molecule has 1 heterocycles. The van der Waals surface area contributed by atoms with Gasteiger partial charge in [-0.05, 0) is 68.7 Å². The van der Waals surface area contributed by atoms with Crippen LogP contribution in [0.2, 0.25) is 5.02 Å². The lowest BCUT2D eigenvalue weighted by Gasteiger charge is -2.26. The minimum absolute atomic E-state index is 0.0371. The van der Waals surface area contributed by atoms with Crippen molar-refractivity contribution in [1.29, 1.82) is 0 Å². The molecule has 2 atom stereocenters. The summed E-state index contributed by atoms with van der Waals surface area (Å²) in [6, 6.07) is 11.1. The van der Waals surface area contributed by atoms with Crippen LogP contribution in [-0.2, 0) is 11.2 Å². The van der Waals surface area contributed by atoms with Crippen LogP contribution < -0.4 is 19.5 Å². The lowest BCUT2D eigenvalue weighted by Crippen LogP contribution is -2.38. The predicted molar refractivity (Wildman–Crippen MR) is 109 cm³/mol. The first-order valence-electron chi connectivity index (χ1n) is 9.63. The molecular formula is C22H26ClNO4. The van der Waals surface area contributed by atoms with Gasteiger partial charge in [0.05, 0.1) is 25.2 Å². The summed E-state index contributed by atoms with van der Waals surface area (Å²) in [5.74, 6) is 1.91. The summed E-state index contributed by atoms with van der Waals surface area (Å²) < 4.78 is 17.0. The first kappa shape index (κ1) is 20.3. The molecule has 0 radical (unpaired) electrons. The van der Waals surface area contributed by atoms with Crippen molar-refractivity contribution in [2.45, 2.75) is 33.2 Å². The van der Waals surface area contributed by atoms with Crippen LogP contribution in [-0.4, -0.2) is 25.7 Å². The molecule has 0 fully saturated rings. The number of fused-ring (bicyclic) bond motifs is 1. The first-order valence-corrected chi connectivity index (χ1v) is 10.0. The summed E-state index contributed by atoms with van der Waals surface area (Å²) in [4.78, 5) is 12.8. The Labute approximate surface area is 170 Å². The van der Waals surface area contributed by atoms with Crippen molar-refractivity contribution in [3.63, 3.8) is 0 Å². The van der Waals surface area contributed by atoms with Gasteiger partial charge in [-0.1, -0.05) is 17.7 Å². The standard InChI is InChI=1S/C22H26ClNO4/c1-4-26-20-8-6-15(12-21(20)27-5-2)14(3)24-22(25)17-10-16-11-18(23)7-9-19(16)28-13-17/h6-9,11-12,14,17H,4-5,10,13H2,1-3H3,(H,24,25)/t14-,17+/m1/s1. The molecule has 28 heavy (non-hydrogen) atoms. The summed E-state index contributed by atoms with van der Waals surface area (Å²) in [6.07, 6.45) is 0.613. The smallest absolute Gasteiger partial charge is 0.227 e. The highest BCUT2D eigenvalue weighted by molar-refractivity contribution is 6.30. The van der Waals surface area contributed by atoms with E-state index >= 15 is 0 Å². The molecule has 0 saturated carbocycles. The number of hydrogen-bond donors (Lipinski definition) is 1. The highest BCUT2D eigenvalue weighted by atomic mass is 35.5. The summed E-state index contributed by atoms with van der Waals surface area (Å²) in [5, 5.41) is 3.73. The number of nitrogens with one attached hydrogen (secondary N) is 1. The topological polar surface area (TPSA) is 56.8 Å². The Kier molecular flexibility index (Phi) is 6.68. The van der Waals surface area contributed by atoms with Crippen molar-refractivity contribution in [3.8, 4) is 17.2 Å². The van der Waals surface area contributed by atoms with Crippen LogP contribution in [0.5, 0.6) is 17.2 Å². The number of ether oxygens (including phenoxy) is 3. The Balaban J connectivity index is 1.68. The molecule has 0 spiro atoms. The maximum Gasteiger partial charge on any atom is 0.227 e. The fraction of sp³-hybridized carbons (Fsp3) is 0.409. The van der Waals surface area contributed by atoms with E-state index in [0.717, 1.165) is 16.9 Å². The highest BCUT2D eigenvalue weighted by Crippen LogP contribution is 2.32. The lowest BCUT2D eigenvalue weighted by molar-refractivity contribution is -0.126. The Morgan fingerprint density at radius 1 is 1.18 bits per heavy atom. The second kappa shape index (κ2) is 9.20. The minimum Gasteiger partial charge on any atom is -0.492 e. The quantitative estimate of drug-likeness (QED) is 0.735. The van der Waals surface area contributed by atoms with Gasteiger partial charge < -0.3 is 19.5 Å². The predicted octanol–water partition coefficient (Wildman–Crippen LogP) is 4.57. The number of amides is 1. The normalized spacial score (nSPS) is 16.5. The molecular weight excluding hydrogens is 378 g/mol. The second-order valence-electron chi connectivity index (χ2n) is 6.77. The van der Waals surface area contributed by atoms with Crippen LogP contribution >= 0.6 is 11.6 Å². The molecule has 1 N–H and O–H groups in total. The molecule has 1 amide bonds. The molecule has 150 valence electrons. The number of carbonyl (C=O) groups excluding carboxylic acids is 1. The van der Waals surface area contributed by atoms with Crippen molar-refractivity contribution in [2.24, 2.45) is 5.92 Å². The van der Waals surface area contributed by atoms with Gasteiger partial charge in [-0.15, -0.1) is 0 Å². The molecule has 0 unspecified atom stereocenters. The maximum absolute atomic E-state index is 12.8. The van der Waals surface area contributed by atoms with E-state index in [1.165, 1.54) is 0 Å². The van der Waals surface area contributed by atoms with Crippen LogP contribution in [0.25, 0.3) is 0 Å². The summed E-state index contributed by atoms with van der Waals surface area (Å²) in [6.45, 7) is 7.30. The van der Waals surface area contributed by atoms with Crippen LogP contribution in [0.15, 0.2) is 36.4 Å². The van der Waals surface area contributed by atoms with E-state index in [1.54, 1.807) is 6.07 Å². The van der Waals surface area contributed by atoms with Crippen molar-refractivity contribution >= 4 is 17.5 Å². The van der Waals surface area contributed by atoms with E-state index in [1.807, 2.05) is 51.1 Å². The van der Waals surface area contributed by atoms with Crippen LogP contribution in [0.1, 0.15) is 37.9 Å². The molecule has 2 aromatic carbocycles. The molecule has 6 heteroatoms. The number of rotatable bonds is 7. The van der Waals surface area contributed by atoms with Gasteiger partial charge in [-0.3, -0.25) is 4.79 Å². The zero-order valence-electron chi connectivity index (χ0n) is 16.5. The third-order valence-corrected chi connectivity index (χ3v) is 4.96. The molecule has 1 aliphatic rings. The fourth-order valence-electron chi connectivity index (χ4n) is 3.28. The molecule has 5 nitrogen and oxygen atoms in total. The zero-order valence-corrected chi connectivity index (χ0v) is 17.2. The molecule has 0 aliphatic carbocycles. The second-order valence-corrected chi connectivity index (χ2v) is 7.20. The number of halogens is 1. The van der Waals surface area contributed by atoms with Gasteiger partial charge in [0, 0.05) is 5.02 Å². The number of carbonyl (C=O) groups is 1. The van der Waals surface area contributed by atoms with E-state index in [9.17, 15) is 4.79 Å². The average Bonchev–Trinajstić information content (AvgIpc) is 2.69. The summed E-state index contributed by atoms with van der Waals surface area (Å²) >= 11 is 6.07. The van der Waals surface area contributed by atoms with Gasteiger partial charge in [0.2, 0.25) is 5.91 Å². The van der Waals surface area contributed by atoms with Crippen LogP contribution in [0.3, 0.4) is 0 Å². The third kappa shape index (κ3) is 4.71. The molecule has 2 aromatic rings. The Morgan fingerprint density at radius 3 is 2.68 bits per heavy atom. The van der Waals surface area contributed by atoms with Crippen LogP contribution in [0.4, 0.5) is 0 Å². The number of hydrogen-bond acceptors (Lipinski definition) is 4. The van der Waals surface area contributed by atoms with Gasteiger partial charge in [0.15, 0.2) is 11.5 Å². The zero-order chi connectivity index (χ0) is 20.1. The van der Waals surface area contributed by atoms with E-state index in [2.05, 4.69) is 5.32 Å². The van der Waals surface area contributed by atoms with Crippen molar-refractivity contribution in [1.82, 2.24) is 5.32 Å². The average molecular weight is 404 g/mol. The van der Waals surface area contributed by atoms with Gasteiger partial charge in [0.25, 0.3) is 0 Å². The molecule has 0 aromatic heterocycles. The van der Waals surface area contributed by atoms with E-state index in [4.69, 9.17) is 25.8 Å². The van der Waals surface area contributed by atoms with Crippen molar-refractivity contribution < 1.29 is 19.0 Å². The third-order valence-electron chi connectivity index (χ3n) is 4.73. The summed E-state index contributed by atoms with van der Waals surface area (Å²) in [5.41, 5.74) is 1.92. The Bertz CT molecular complexity index is 839. The Morgan fingerprint density at radius 2 is 1.93 bits per heavy atom. The van der Waals surface area contributed by atoms with Crippen molar-refractivity contribution in [3.05, 3.63) is 52.5 Å². The largest absolute Gasteiger partial charge is 0.492 e. The monoisotopic (exact) mass is 403 g/mol. The van der Waals surface area contributed by atoms with Gasteiger partial charge >= 0.3 is 0 Å². The molecule has 0 bridgehead atoms. The molecule has 0 saturated heterocycles. The SMILES string of the molecule is CCOc1ccc([C@@H](C)NC(=O)[C@@H]2COc3ccc(Cl)cc3C2)cc1OCC. The molecule has 3 rings (SSSR count). The van der Waals surface area contributed by atoms with Gasteiger partial charge in [-0.2, -0.15) is 0 Å². The lowest BCUT2D eigenvalue weighted by atomic mass is 9.95. The van der Waals surface area contributed by atoms with Crippen molar-refractivity contribution in [2.75, 3.05) is 19.8 Å². The highest BCUT2D eigenvalue weighted by Gasteiger charge is 2.27. The number of benzene rings is 2. The fourth-order valence-corrected chi connectivity index (χ4v) is 3.48. The first-order chi connectivity index (χ1) is 13.5. The Hall–Kier alpha value is -2.40. The maximum atomic E-state index is 12.8. The van der Waals surface area contributed by atoms with E-state index in [-0.39, 0.29) is 17.9 Å².